The smallest absolute Gasteiger partial charge is 0.323 e. The second-order valence-corrected chi connectivity index (χ2v) is 4.03. The van der Waals surface area contributed by atoms with Crippen LogP contribution in [-0.4, -0.2) is 41.6 Å². The number of carbonyl (C=O) groups excluding carboxylic acids is 1. The van der Waals surface area contributed by atoms with E-state index in [-0.39, 0.29) is 12.5 Å². The molecule has 0 fully saturated rings. The van der Waals surface area contributed by atoms with Crippen LogP contribution in [0.4, 0.5) is 0 Å². The topological polar surface area (TPSA) is 66.8 Å². The SMILES string of the molecule is CC(OCc1ccccc1)C(=O)N(C)CC(=O)O. The highest BCUT2D eigenvalue weighted by molar-refractivity contribution is 5.84. The molecule has 1 aromatic rings. The summed E-state index contributed by atoms with van der Waals surface area (Å²) in [6.07, 6.45) is -0.658. The van der Waals surface area contributed by atoms with Crippen molar-refractivity contribution in [2.24, 2.45) is 0 Å². The number of aliphatic carboxylic acids is 1. The highest BCUT2D eigenvalue weighted by atomic mass is 16.5. The lowest BCUT2D eigenvalue weighted by molar-refractivity contribution is -0.149. The van der Waals surface area contributed by atoms with Crippen molar-refractivity contribution < 1.29 is 19.4 Å². The Morgan fingerprint density at radius 3 is 2.50 bits per heavy atom. The Bertz CT molecular complexity index is 405. The summed E-state index contributed by atoms with van der Waals surface area (Å²) in [5.74, 6) is -1.38. The van der Waals surface area contributed by atoms with Crippen molar-refractivity contribution in [2.45, 2.75) is 19.6 Å². The maximum atomic E-state index is 11.7. The first-order valence-electron chi connectivity index (χ1n) is 5.63. The predicted octanol–water partition coefficient (Wildman–Crippen LogP) is 1.13. The lowest BCUT2D eigenvalue weighted by Crippen LogP contribution is -2.39. The van der Waals surface area contributed by atoms with E-state index in [2.05, 4.69) is 0 Å². The monoisotopic (exact) mass is 251 g/mol. The van der Waals surface area contributed by atoms with E-state index >= 15 is 0 Å². The number of likely N-dealkylation sites (N-methyl/N-ethyl adjacent to an activating group) is 1. The minimum Gasteiger partial charge on any atom is -0.480 e. The Balaban J connectivity index is 2.43. The molecule has 18 heavy (non-hydrogen) atoms. The number of carboxylic acids is 1. The zero-order valence-corrected chi connectivity index (χ0v) is 10.5. The van der Waals surface area contributed by atoms with Crippen molar-refractivity contribution in [1.29, 1.82) is 0 Å². The molecule has 0 radical (unpaired) electrons. The molecular formula is C13H17NO4. The van der Waals surface area contributed by atoms with Crippen LogP contribution in [0.2, 0.25) is 0 Å². The molecule has 0 heterocycles. The first-order valence-corrected chi connectivity index (χ1v) is 5.63. The second kappa shape index (κ2) is 6.76. The number of benzene rings is 1. The molecule has 0 aliphatic carbocycles. The van der Waals surface area contributed by atoms with E-state index in [0.717, 1.165) is 10.5 Å². The third-order valence-corrected chi connectivity index (χ3v) is 2.44. The van der Waals surface area contributed by atoms with Crippen LogP contribution in [0.3, 0.4) is 0 Å². The van der Waals surface area contributed by atoms with Crippen LogP contribution in [0.1, 0.15) is 12.5 Å². The van der Waals surface area contributed by atoms with Gasteiger partial charge in [-0.2, -0.15) is 0 Å². The molecular weight excluding hydrogens is 234 g/mol. The van der Waals surface area contributed by atoms with E-state index in [0.29, 0.717) is 6.61 Å². The molecule has 1 atom stereocenters. The van der Waals surface area contributed by atoms with Crippen LogP contribution in [-0.2, 0) is 20.9 Å². The average molecular weight is 251 g/mol. The molecule has 0 saturated heterocycles. The molecule has 1 aromatic carbocycles. The summed E-state index contributed by atoms with van der Waals surface area (Å²) in [7, 11) is 1.44. The van der Waals surface area contributed by atoms with Crippen LogP contribution in [0.15, 0.2) is 30.3 Å². The van der Waals surface area contributed by atoms with E-state index in [1.54, 1.807) is 6.92 Å². The van der Waals surface area contributed by atoms with Crippen molar-refractivity contribution in [3.63, 3.8) is 0 Å². The number of carboxylic acid groups (broad SMARTS) is 1. The standard InChI is InChI=1S/C13H17NO4/c1-10(13(17)14(2)8-12(15)16)18-9-11-6-4-3-5-7-11/h3-7,10H,8-9H2,1-2H3,(H,15,16). The molecule has 98 valence electrons. The van der Waals surface area contributed by atoms with E-state index in [4.69, 9.17) is 9.84 Å². The first-order chi connectivity index (χ1) is 8.50. The highest BCUT2D eigenvalue weighted by Crippen LogP contribution is 2.05. The van der Waals surface area contributed by atoms with Gasteiger partial charge in [-0.25, -0.2) is 0 Å². The van der Waals surface area contributed by atoms with Gasteiger partial charge in [0.1, 0.15) is 12.6 Å². The first kappa shape index (κ1) is 14.2. The third-order valence-electron chi connectivity index (χ3n) is 2.44. The average Bonchev–Trinajstić information content (AvgIpc) is 2.35. The number of hydrogen-bond acceptors (Lipinski definition) is 3. The van der Waals surface area contributed by atoms with Gasteiger partial charge in [0.05, 0.1) is 6.61 Å². The van der Waals surface area contributed by atoms with Gasteiger partial charge in [-0.1, -0.05) is 30.3 Å². The lowest BCUT2D eigenvalue weighted by atomic mass is 10.2. The fourth-order valence-electron chi connectivity index (χ4n) is 1.46. The molecule has 0 aliphatic rings. The van der Waals surface area contributed by atoms with Gasteiger partial charge in [0.15, 0.2) is 0 Å². The van der Waals surface area contributed by atoms with Gasteiger partial charge in [0, 0.05) is 7.05 Å². The van der Waals surface area contributed by atoms with Crippen LogP contribution in [0, 0.1) is 0 Å². The van der Waals surface area contributed by atoms with Gasteiger partial charge in [0.2, 0.25) is 0 Å². The van der Waals surface area contributed by atoms with Gasteiger partial charge in [-0.3, -0.25) is 9.59 Å². The molecule has 0 aromatic heterocycles. The van der Waals surface area contributed by atoms with Crippen molar-refractivity contribution >= 4 is 11.9 Å². The summed E-state index contributed by atoms with van der Waals surface area (Å²) in [6, 6.07) is 9.48. The molecule has 5 nitrogen and oxygen atoms in total. The van der Waals surface area contributed by atoms with Crippen molar-refractivity contribution in [1.82, 2.24) is 4.90 Å². The zero-order valence-electron chi connectivity index (χ0n) is 10.5. The number of carbonyl (C=O) groups is 2. The van der Waals surface area contributed by atoms with Gasteiger partial charge in [0.25, 0.3) is 5.91 Å². The van der Waals surface area contributed by atoms with Crippen LogP contribution < -0.4 is 0 Å². The lowest BCUT2D eigenvalue weighted by Gasteiger charge is -2.19. The number of amides is 1. The van der Waals surface area contributed by atoms with Crippen LogP contribution in [0.25, 0.3) is 0 Å². The fourth-order valence-corrected chi connectivity index (χ4v) is 1.46. The summed E-state index contributed by atoms with van der Waals surface area (Å²) in [5.41, 5.74) is 0.970. The number of rotatable bonds is 6. The summed E-state index contributed by atoms with van der Waals surface area (Å²) in [6.45, 7) is 1.62. The fraction of sp³-hybridized carbons (Fsp3) is 0.385. The predicted molar refractivity (Wildman–Crippen MR) is 66.0 cm³/mol. The van der Waals surface area contributed by atoms with Gasteiger partial charge < -0.3 is 14.7 Å². The van der Waals surface area contributed by atoms with Crippen LogP contribution >= 0.6 is 0 Å². The van der Waals surface area contributed by atoms with Crippen molar-refractivity contribution in [3.8, 4) is 0 Å². The molecule has 1 rings (SSSR count). The maximum absolute atomic E-state index is 11.7. The van der Waals surface area contributed by atoms with Gasteiger partial charge in [-0.05, 0) is 12.5 Å². The molecule has 1 amide bonds. The zero-order chi connectivity index (χ0) is 13.5. The van der Waals surface area contributed by atoms with Crippen LogP contribution in [0.5, 0.6) is 0 Å². The van der Waals surface area contributed by atoms with Gasteiger partial charge >= 0.3 is 5.97 Å². The summed E-state index contributed by atoms with van der Waals surface area (Å²) in [5, 5.41) is 8.59. The Hall–Kier alpha value is -1.88. The summed E-state index contributed by atoms with van der Waals surface area (Å²) >= 11 is 0. The maximum Gasteiger partial charge on any atom is 0.323 e. The minimum absolute atomic E-state index is 0.322. The molecule has 1 unspecified atom stereocenters. The highest BCUT2D eigenvalue weighted by Gasteiger charge is 2.19. The normalized spacial score (nSPS) is 11.9. The Morgan fingerprint density at radius 2 is 1.94 bits per heavy atom. The number of ether oxygens (including phenoxy) is 1. The number of hydrogen-bond donors (Lipinski definition) is 1. The second-order valence-electron chi connectivity index (χ2n) is 4.03. The largest absolute Gasteiger partial charge is 0.480 e. The van der Waals surface area contributed by atoms with E-state index < -0.39 is 12.1 Å². The molecule has 1 N–H and O–H groups in total. The van der Waals surface area contributed by atoms with E-state index in [1.165, 1.54) is 7.05 Å². The number of nitrogens with zero attached hydrogens (tertiary/aromatic N) is 1. The Kier molecular flexibility index (Phi) is 5.32. The Labute approximate surface area is 106 Å². The molecule has 0 saturated carbocycles. The summed E-state index contributed by atoms with van der Waals surface area (Å²) < 4.78 is 5.41. The quantitative estimate of drug-likeness (QED) is 0.823. The molecule has 5 heteroatoms. The Morgan fingerprint density at radius 1 is 1.33 bits per heavy atom. The molecule has 0 spiro atoms. The summed E-state index contributed by atoms with van der Waals surface area (Å²) in [4.78, 5) is 23.4. The van der Waals surface area contributed by atoms with E-state index in [9.17, 15) is 9.59 Å². The van der Waals surface area contributed by atoms with E-state index in [1.807, 2.05) is 30.3 Å². The third kappa shape index (κ3) is 4.55. The molecule has 0 aliphatic heterocycles. The van der Waals surface area contributed by atoms with Crippen molar-refractivity contribution in [3.05, 3.63) is 35.9 Å². The molecule has 0 bridgehead atoms. The van der Waals surface area contributed by atoms with Crippen molar-refractivity contribution in [2.75, 3.05) is 13.6 Å². The minimum atomic E-state index is -1.04. The van der Waals surface area contributed by atoms with Gasteiger partial charge in [-0.15, -0.1) is 0 Å².